The molecule has 0 bridgehead atoms. The van der Waals surface area contributed by atoms with Crippen LogP contribution in [-0.2, 0) is 11.3 Å². The van der Waals surface area contributed by atoms with Crippen molar-refractivity contribution in [3.63, 3.8) is 0 Å². The monoisotopic (exact) mass is 453 g/mol. The van der Waals surface area contributed by atoms with Crippen molar-refractivity contribution in [1.82, 2.24) is 20.1 Å². The van der Waals surface area contributed by atoms with E-state index in [-0.39, 0.29) is 29.2 Å². The number of anilines is 1. The van der Waals surface area contributed by atoms with Crippen LogP contribution in [0.4, 0.5) is 5.69 Å². The quantitative estimate of drug-likeness (QED) is 0.425. The smallest absolute Gasteiger partial charge is 0.335 e. The van der Waals surface area contributed by atoms with Crippen LogP contribution in [0, 0.1) is 0 Å². The number of hydrogen-bond donors (Lipinski definition) is 3. The Morgan fingerprint density at radius 1 is 1.03 bits per heavy atom. The Balaban J connectivity index is 1.59. The molecule has 1 unspecified atom stereocenters. The lowest BCUT2D eigenvalue weighted by Crippen LogP contribution is -2.28. The predicted molar refractivity (Wildman–Crippen MR) is 121 cm³/mol. The van der Waals surface area contributed by atoms with Crippen molar-refractivity contribution < 1.29 is 19.5 Å². The van der Waals surface area contributed by atoms with E-state index in [1.165, 1.54) is 36.0 Å². The van der Waals surface area contributed by atoms with Gasteiger partial charge in [0.15, 0.2) is 11.0 Å². The zero-order valence-electron chi connectivity index (χ0n) is 17.6. The van der Waals surface area contributed by atoms with Gasteiger partial charge in [0, 0.05) is 17.8 Å². The van der Waals surface area contributed by atoms with Crippen LogP contribution in [0.15, 0.2) is 59.8 Å². The molecule has 0 aliphatic heterocycles. The lowest BCUT2D eigenvalue weighted by molar-refractivity contribution is -0.113. The summed E-state index contributed by atoms with van der Waals surface area (Å²) in [7, 11) is 0. The van der Waals surface area contributed by atoms with Gasteiger partial charge in [-0.15, -0.1) is 10.2 Å². The van der Waals surface area contributed by atoms with Crippen molar-refractivity contribution in [2.45, 2.75) is 31.6 Å². The summed E-state index contributed by atoms with van der Waals surface area (Å²) in [6, 6.07) is 14.5. The molecule has 0 saturated heterocycles. The minimum atomic E-state index is -1.03. The van der Waals surface area contributed by atoms with E-state index in [2.05, 4.69) is 20.8 Å². The van der Waals surface area contributed by atoms with Crippen LogP contribution < -0.4 is 10.6 Å². The summed E-state index contributed by atoms with van der Waals surface area (Å²) in [6.07, 6.45) is 0. The second-order valence-corrected chi connectivity index (χ2v) is 7.81. The van der Waals surface area contributed by atoms with E-state index in [0.29, 0.717) is 28.8 Å². The summed E-state index contributed by atoms with van der Waals surface area (Å²) >= 11 is 1.23. The average molecular weight is 454 g/mol. The Morgan fingerprint density at radius 2 is 1.72 bits per heavy atom. The highest BCUT2D eigenvalue weighted by molar-refractivity contribution is 7.99. The number of amides is 2. The van der Waals surface area contributed by atoms with Gasteiger partial charge in [-0.3, -0.25) is 9.59 Å². The molecule has 9 nitrogen and oxygen atoms in total. The molecule has 32 heavy (non-hydrogen) atoms. The Morgan fingerprint density at radius 3 is 2.34 bits per heavy atom. The zero-order chi connectivity index (χ0) is 23.1. The standard InChI is InChI=1S/C22H23N5O4S/c1-3-27-19(14(2)23-20(29)15-7-5-4-6-8-15)25-26-22(27)32-13-18(28)24-17-11-9-16(10-12-17)21(30)31/h4-12,14H,3,13H2,1-2H3,(H,23,29)(H,24,28)(H,30,31). The van der Waals surface area contributed by atoms with Crippen LogP contribution in [0.25, 0.3) is 0 Å². The van der Waals surface area contributed by atoms with Gasteiger partial charge in [0.25, 0.3) is 5.91 Å². The second-order valence-electron chi connectivity index (χ2n) is 6.87. The highest BCUT2D eigenvalue weighted by Gasteiger charge is 2.20. The molecule has 10 heteroatoms. The van der Waals surface area contributed by atoms with Crippen LogP contribution in [0.3, 0.4) is 0 Å². The van der Waals surface area contributed by atoms with E-state index >= 15 is 0 Å². The summed E-state index contributed by atoms with van der Waals surface area (Å²) in [6.45, 7) is 4.35. The first kappa shape index (κ1) is 23.0. The number of carbonyl (C=O) groups excluding carboxylic acids is 2. The van der Waals surface area contributed by atoms with Gasteiger partial charge in [-0.05, 0) is 50.2 Å². The molecular weight excluding hydrogens is 430 g/mol. The summed E-state index contributed by atoms with van der Waals surface area (Å²) in [4.78, 5) is 35.6. The number of rotatable bonds is 9. The fraction of sp³-hybridized carbons (Fsp3) is 0.227. The first-order valence-corrected chi connectivity index (χ1v) is 10.9. The molecule has 0 radical (unpaired) electrons. The third kappa shape index (κ3) is 5.73. The number of aromatic carboxylic acids is 1. The summed E-state index contributed by atoms with van der Waals surface area (Å²) in [5.74, 6) is -0.781. The number of carboxylic acids is 1. The number of hydrogen-bond acceptors (Lipinski definition) is 6. The number of nitrogens with one attached hydrogen (secondary N) is 2. The van der Waals surface area contributed by atoms with Crippen LogP contribution in [0.1, 0.15) is 46.4 Å². The molecule has 3 N–H and O–H groups in total. The molecule has 3 rings (SSSR count). The predicted octanol–water partition coefficient (Wildman–Crippen LogP) is 3.22. The number of thioether (sulfide) groups is 1. The average Bonchev–Trinajstić information content (AvgIpc) is 3.21. The minimum absolute atomic E-state index is 0.101. The molecular formula is C22H23N5O4S. The van der Waals surface area contributed by atoms with E-state index in [1.54, 1.807) is 24.3 Å². The maximum absolute atomic E-state index is 12.4. The minimum Gasteiger partial charge on any atom is -0.478 e. The van der Waals surface area contributed by atoms with Crippen LogP contribution >= 0.6 is 11.8 Å². The topological polar surface area (TPSA) is 126 Å². The highest BCUT2D eigenvalue weighted by atomic mass is 32.2. The van der Waals surface area contributed by atoms with Gasteiger partial charge in [-0.25, -0.2) is 4.79 Å². The van der Waals surface area contributed by atoms with Crippen LogP contribution in [0.2, 0.25) is 0 Å². The zero-order valence-corrected chi connectivity index (χ0v) is 18.4. The molecule has 0 spiro atoms. The highest BCUT2D eigenvalue weighted by Crippen LogP contribution is 2.21. The van der Waals surface area contributed by atoms with Gasteiger partial charge in [-0.1, -0.05) is 30.0 Å². The van der Waals surface area contributed by atoms with E-state index in [9.17, 15) is 14.4 Å². The number of carbonyl (C=O) groups is 3. The van der Waals surface area contributed by atoms with Gasteiger partial charge in [-0.2, -0.15) is 0 Å². The van der Waals surface area contributed by atoms with Crippen molar-refractivity contribution in [2.75, 3.05) is 11.1 Å². The maximum Gasteiger partial charge on any atom is 0.335 e. The first-order chi connectivity index (χ1) is 15.4. The van der Waals surface area contributed by atoms with Crippen molar-refractivity contribution in [1.29, 1.82) is 0 Å². The Bertz CT molecular complexity index is 1100. The Kier molecular flexibility index (Phi) is 7.61. The SMILES string of the molecule is CCn1c(SCC(=O)Nc2ccc(C(=O)O)cc2)nnc1C(C)NC(=O)c1ccccc1. The van der Waals surface area contributed by atoms with Crippen molar-refractivity contribution >= 4 is 35.2 Å². The lowest BCUT2D eigenvalue weighted by Gasteiger charge is -2.15. The number of aromatic nitrogens is 3. The van der Waals surface area contributed by atoms with E-state index in [0.717, 1.165) is 0 Å². The molecule has 2 amide bonds. The molecule has 2 aromatic carbocycles. The molecule has 1 atom stereocenters. The largest absolute Gasteiger partial charge is 0.478 e. The summed E-state index contributed by atoms with van der Waals surface area (Å²) in [5, 5.41) is 23.5. The molecule has 1 heterocycles. The molecule has 0 aliphatic rings. The van der Waals surface area contributed by atoms with E-state index in [4.69, 9.17) is 5.11 Å². The third-order valence-corrected chi connectivity index (χ3v) is 5.55. The fourth-order valence-electron chi connectivity index (χ4n) is 2.98. The molecule has 1 aromatic heterocycles. The van der Waals surface area contributed by atoms with Crippen molar-refractivity contribution in [3.8, 4) is 0 Å². The summed E-state index contributed by atoms with van der Waals surface area (Å²) < 4.78 is 1.86. The summed E-state index contributed by atoms with van der Waals surface area (Å²) in [5.41, 5.74) is 1.22. The molecule has 3 aromatic rings. The maximum atomic E-state index is 12.4. The molecule has 0 saturated carbocycles. The van der Waals surface area contributed by atoms with Crippen molar-refractivity contribution in [2.24, 2.45) is 0 Å². The number of nitrogens with zero attached hydrogens (tertiary/aromatic N) is 3. The lowest BCUT2D eigenvalue weighted by atomic mass is 10.2. The molecule has 0 aliphatic carbocycles. The Labute approximate surface area is 189 Å². The van der Waals surface area contributed by atoms with Gasteiger partial charge in [0.2, 0.25) is 5.91 Å². The molecule has 0 fully saturated rings. The van der Waals surface area contributed by atoms with E-state index < -0.39 is 5.97 Å². The van der Waals surface area contributed by atoms with Crippen molar-refractivity contribution in [3.05, 3.63) is 71.5 Å². The Hall–Kier alpha value is -3.66. The first-order valence-electron chi connectivity index (χ1n) is 9.94. The van der Waals surface area contributed by atoms with Gasteiger partial charge in [0.1, 0.15) is 0 Å². The van der Waals surface area contributed by atoms with Crippen LogP contribution in [0.5, 0.6) is 0 Å². The van der Waals surface area contributed by atoms with Crippen LogP contribution in [-0.4, -0.2) is 43.4 Å². The van der Waals surface area contributed by atoms with Gasteiger partial charge in [0.05, 0.1) is 17.4 Å². The number of benzene rings is 2. The second kappa shape index (κ2) is 10.6. The number of carboxylic acid groups (broad SMARTS) is 1. The normalized spacial score (nSPS) is 11.6. The van der Waals surface area contributed by atoms with Gasteiger partial charge >= 0.3 is 5.97 Å². The third-order valence-electron chi connectivity index (χ3n) is 4.58. The van der Waals surface area contributed by atoms with E-state index in [1.807, 2.05) is 24.5 Å². The van der Waals surface area contributed by atoms with Gasteiger partial charge < -0.3 is 20.3 Å². The fourth-order valence-corrected chi connectivity index (χ4v) is 3.79. The molecule has 166 valence electrons.